The zero-order valence-electron chi connectivity index (χ0n) is 26.3. The molecule has 0 aliphatic heterocycles. The quantitative estimate of drug-likeness (QED) is 0.0336. The van der Waals surface area contributed by atoms with Crippen molar-refractivity contribution in [3.8, 4) is 0 Å². The first-order valence-electron chi connectivity index (χ1n) is 16.6. The Hall–Kier alpha value is -1.75. The molecule has 10 heteroatoms. The van der Waals surface area contributed by atoms with Crippen molar-refractivity contribution in [2.75, 3.05) is 45.8 Å². The molecule has 0 saturated carbocycles. The van der Waals surface area contributed by atoms with Crippen LogP contribution in [0.2, 0.25) is 0 Å². The van der Waals surface area contributed by atoms with E-state index in [1.54, 1.807) is 0 Å². The molecule has 3 amide bonds. The predicted molar refractivity (Wildman–Crippen MR) is 168 cm³/mol. The van der Waals surface area contributed by atoms with Crippen molar-refractivity contribution in [1.82, 2.24) is 20.5 Å². The molecule has 242 valence electrons. The first-order valence-corrected chi connectivity index (χ1v) is 16.6. The third-order valence-electron chi connectivity index (χ3n) is 7.40. The van der Waals surface area contributed by atoms with Gasteiger partial charge in [-0.15, -0.1) is 0 Å². The molecule has 0 atom stereocenters. The van der Waals surface area contributed by atoms with E-state index in [-0.39, 0.29) is 18.9 Å². The molecule has 0 rings (SSSR count). The van der Waals surface area contributed by atoms with E-state index in [1.807, 2.05) is 0 Å². The van der Waals surface area contributed by atoms with E-state index in [4.69, 9.17) is 11.6 Å². The van der Waals surface area contributed by atoms with Crippen LogP contribution in [0.5, 0.6) is 0 Å². The zero-order valence-corrected chi connectivity index (χ0v) is 26.3. The average molecular weight is 585 g/mol. The normalized spacial score (nSPS) is 11.1. The Kier molecular flexibility index (Phi) is 28.5. The number of nitrogens with zero attached hydrogens (tertiary/aromatic N) is 2. The second kappa shape index (κ2) is 29.7. The second-order valence-electron chi connectivity index (χ2n) is 11.3. The van der Waals surface area contributed by atoms with Gasteiger partial charge in [0.15, 0.2) is 0 Å². The van der Waals surface area contributed by atoms with Gasteiger partial charge in [-0.05, 0) is 64.8 Å². The number of imide groups is 1. The van der Waals surface area contributed by atoms with Crippen LogP contribution in [0, 0.1) is 0 Å². The molecule has 0 aliphatic rings. The number of hydrazine groups is 1. The van der Waals surface area contributed by atoms with E-state index in [0.717, 1.165) is 68.1 Å². The van der Waals surface area contributed by atoms with E-state index in [0.29, 0.717) is 19.5 Å². The Bertz CT molecular complexity index is 638. The second-order valence-corrected chi connectivity index (χ2v) is 11.3. The maximum Gasteiger partial charge on any atom is 0.414 e. The number of hydrogen-bond donors (Lipinski definition) is 5. The fourth-order valence-electron chi connectivity index (χ4n) is 4.78. The molecule has 0 aromatic rings. The number of unbranched alkanes of at least 4 members (excludes halogenated alkanes) is 15. The fraction of sp³-hybridized carbons (Fsp3) is 0.903. The van der Waals surface area contributed by atoms with E-state index in [2.05, 4.69) is 17.6 Å². The maximum absolute atomic E-state index is 12.5. The zero-order chi connectivity index (χ0) is 30.4. The summed E-state index contributed by atoms with van der Waals surface area (Å²) in [5, 5.41) is 16.9. The van der Waals surface area contributed by atoms with Crippen molar-refractivity contribution in [3.63, 3.8) is 0 Å². The third kappa shape index (κ3) is 25.7. The molecule has 0 radical (unpaired) electrons. The Labute approximate surface area is 250 Å². The van der Waals surface area contributed by atoms with Crippen molar-refractivity contribution >= 4 is 17.9 Å². The summed E-state index contributed by atoms with van der Waals surface area (Å²) < 4.78 is 0. The molecule has 10 nitrogen and oxygen atoms in total. The van der Waals surface area contributed by atoms with Gasteiger partial charge in [0.05, 0.1) is 0 Å². The highest BCUT2D eigenvalue weighted by Crippen LogP contribution is 2.14. The summed E-state index contributed by atoms with van der Waals surface area (Å²) in [6.45, 7) is 5.95. The number of hydrogen-bond acceptors (Lipinski definition) is 7. The monoisotopic (exact) mass is 584 g/mol. The molecule has 0 fully saturated rings. The SMILES string of the molecule is CCCCCCCCCCCCCCCCCC(=O)N(N)CC(=O)N(CCCNCCCCNCCCN)C(=O)O. The highest BCUT2D eigenvalue weighted by molar-refractivity contribution is 5.94. The smallest absolute Gasteiger partial charge is 0.414 e. The molecule has 0 aromatic carbocycles. The summed E-state index contributed by atoms with van der Waals surface area (Å²) in [6.07, 6.45) is 21.3. The topological polar surface area (TPSA) is 154 Å². The van der Waals surface area contributed by atoms with Crippen molar-refractivity contribution < 1.29 is 19.5 Å². The first kappa shape index (κ1) is 39.2. The van der Waals surface area contributed by atoms with E-state index < -0.39 is 18.5 Å². The average Bonchev–Trinajstić information content (AvgIpc) is 2.95. The summed E-state index contributed by atoms with van der Waals surface area (Å²) in [6, 6.07) is 0. The van der Waals surface area contributed by atoms with Crippen LogP contribution in [-0.4, -0.2) is 78.7 Å². The number of carbonyl (C=O) groups is 3. The predicted octanol–water partition coefficient (Wildman–Crippen LogP) is 5.16. The van der Waals surface area contributed by atoms with Gasteiger partial charge in [0, 0.05) is 13.0 Å². The molecule has 0 saturated heterocycles. The van der Waals surface area contributed by atoms with Crippen LogP contribution in [0.4, 0.5) is 4.79 Å². The van der Waals surface area contributed by atoms with Crippen LogP contribution in [0.1, 0.15) is 135 Å². The molecule has 41 heavy (non-hydrogen) atoms. The molecule has 0 spiro atoms. The Morgan fingerprint density at radius 1 is 0.610 bits per heavy atom. The highest BCUT2D eigenvalue weighted by atomic mass is 16.4. The van der Waals surface area contributed by atoms with Crippen LogP contribution in [0.25, 0.3) is 0 Å². The number of rotatable bonds is 30. The van der Waals surface area contributed by atoms with Crippen LogP contribution in [-0.2, 0) is 9.59 Å². The van der Waals surface area contributed by atoms with Crippen LogP contribution in [0.3, 0.4) is 0 Å². The minimum atomic E-state index is -1.32. The lowest BCUT2D eigenvalue weighted by molar-refractivity contribution is -0.139. The fourth-order valence-corrected chi connectivity index (χ4v) is 4.78. The van der Waals surface area contributed by atoms with Crippen LogP contribution < -0.4 is 22.2 Å². The molecule has 7 N–H and O–H groups in total. The molecular weight excluding hydrogens is 520 g/mol. The number of nitrogens with two attached hydrogens (primary N) is 2. The van der Waals surface area contributed by atoms with Gasteiger partial charge in [-0.2, -0.15) is 0 Å². The number of amides is 3. The van der Waals surface area contributed by atoms with Gasteiger partial charge in [0.1, 0.15) is 6.54 Å². The molecule has 0 aliphatic carbocycles. The van der Waals surface area contributed by atoms with Gasteiger partial charge in [-0.25, -0.2) is 15.5 Å². The Balaban J connectivity index is 3.79. The summed E-state index contributed by atoms with van der Waals surface area (Å²) in [5.74, 6) is 4.80. The van der Waals surface area contributed by atoms with Crippen LogP contribution >= 0.6 is 0 Å². The van der Waals surface area contributed by atoms with E-state index in [1.165, 1.54) is 77.0 Å². The Morgan fingerprint density at radius 3 is 1.51 bits per heavy atom. The highest BCUT2D eigenvalue weighted by Gasteiger charge is 2.23. The lowest BCUT2D eigenvalue weighted by Gasteiger charge is -2.21. The third-order valence-corrected chi connectivity index (χ3v) is 7.40. The minimum absolute atomic E-state index is 0.0723. The number of nitrogens with one attached hydrogen (secondary N) is 2. The van der Waals surface area contributed by atoms with Gasteiger partial charge in [0.25, 0.3) is 5.91 Å². The van der Waals surface area contributed by atoms with Crippen molar-refractivity contribution in [2.24, 2.45) is 11.6 Å². The van der Waals surface area contributed by atoms with E-state index >= 15 is 0 Å². The van der Waals surface area contributed by atoms with Crippen molar-refractivity contribution in [2.45, 2.75) is 135 Å². The molecule has 0 unspecified atom stereocenters. The standard InChI is InChI=1S/C31H64N6O4/c1-2-3-4-5-6-7-8-9-10-11-12-13-14-15-16-21-29(38)37(33)28-30(39)36(31(40)41)27-20-26-35-24-18-17-23-34-25-19-22-32/h34-35H,2-28,32-33H2,1H3,(H,40,41). The van der Waals surface area contributed by atoms with Crippen molar-refractivity contribution in [1.29, 1.82) is 0 Å². The molecular formula is C31H64N6O4. The lowest BCUT2D eigenvalue weighted by Crippen LogP contribution is -2.48. The van der Waals surface area contributed by atoms with Gasteiger partial charge in [-0.3, -0.25) is 14.6 Å². The minimum Gasteiger partial charge on any atom is -0.465 e. The van der Waals surface area contributed by atoms with Crippen LogP contribution in [0.15, 0.2) is 0 Å². The molecule has 0 bridgehead atoms. The van der Waals surface area contributed by atoms with Gasteiger partial charge >= 0.3 is 6.09 Å². The maximum atomic E-state index is 12.5. The van der Waals surface area contributed by atoms with E-state index in [9.17, 15) is 19.5 Å². The van der Waals surface area contributed by atoms with Crippen molar-refractivity contribution in [3.05, 3.63) is 0 Å². The van der Waals surface area contributed by atoms with Gasteiger partial charge < -0.3 is 21.5 Å². The largest absolute Gasteiger partial charge is 0.465 e. The molecule has 0 aromatic heterocycles. The number of carboxylic acid groups (broad SMARTS) is 1. The lowest BCUT2D eigenvalue weighted by atomic mass is 10.0. The summed E-state index contributed by atoms with van der Waals surface area (Å²) in [7, 11) is 0. The van der Waals surface area contributed by atoms with Gasteiger partial charge in [-0.1, -0.05) is 96.8 Å². The summed E-state index contributed by atoms with van der Waals surface area (Å²) in [4.78, 5) is 37.1. The first-order chi connectivity index (χ1) is 19.9. The number of carbonyl (C=O) groups excluding carboxylic acids is 2. The summed E-state index contributed by atoms with van der Waals surface area (Å²) >= 11 is 0. The van der Waals surface area contributed by atoms with Gasteiger partial charge in [0.2, 0.25) is 5.91 Å². The Morgan fingerprint density at radius 2 is 1.05 bits per heavy atom. The molecule has 0 heterocycles. The summed E-state index contributed by atoms with van der Waals surface area (Å²) in [5.41, 5.74) is 5.46.